The molecule has 0 aliphatic rings. The fraction of sp³-hybridized carbons (Fsp3) is 0.538. The van der Waals surface area contributed by atoms with Crippen molar-refractivity contribution in [3.8, 4) is 0 Å². The molecule has 0 aromatic heterocycles. The van der Waals surface area contributed by atoms with Crippen molar-refractivity contribution >= 4 is 27.3 Å². The van der Waals surface area contributed by atoms with Gasteiger partial charge in [0.25, 0.3) is 0 Å². The molecule has 114 valence electrons. The Morgan fingerprint density at radius 1 is 1.40 bits per heavy atom. The summed E-state index contributed by atoms with van der Waals surface area (Å²) in [5.74, 6) is 0. The first-order valence-electron chi connectivity index (χ1n) is 6.29. The highest BCUT2D eigenvalue weighted by atomic mass is 35.5. The summed E-state index contributed by atoms with van der Waals surface area (Å²) in [6.07, 6.45) is 0.0645. The molecule has 0 atom stereocenters. The van der Waals surface area contributed by atoms with Gasteiger partial charge in [0.1, 0.15) is 0 Å². The molecule has 0 saturated carbocycles. The molecular formula is C13H21ClN2O3S. The monoisotopic (exact) mass is 320 g/mol. The standard InChI is InChI=1S/C13H21ClN2O3S/c1-9(2)19-6-5-16(4)20(17,18)13-8-11(14)7-12(15)10(13)3/h7-9H,5-6,15H2,1-4H3. The smallest absolute Gasteiger partial charge is 0.243 e. The van der Waals surface area contributed by atoms with Crippen LogP contribution in [0.5, 0.6) is 0 Å². The summed E-state index contributed by atoms with van der Waals surface area (Å²) in [6.45, 7) is 6.07. The predicted octanol–water partition coefficient (Wildman–Crippen LogP) is 2.28. The lowest BCUT2D eigenvalue weighted by atomic mass is 10.2. The van der Waals surface area contributed by atoms with Crippen molar-refractivity contribution in [3.05, 3.63) is 22.7 Å². The zero-order chi connectivity index (χ0) is 15.5. The maximum absolute atomic E-state index is 12.5. The van der Waals surface area contributed by atoms with Crippen LogP contribution in [0.25, 0.3) is 0 Å². The summed E-state index contributed by atoms with van der Waals surface area (Å²) in [6, 6.07) is 2.96. The van der Waals surface area contributed by atoms with Crippen LogP contribution in [0.1, 0.15) is 19.4 Å². The molecule has 7 heteroatoms. The number of hydrogen-bond acceptors (Lipinski definition) is 4. The molecule has 0 spiro atoms. The van der Waals surface area contributed by atoms with Crippen LogP contribution in [-0.4, -0.2) is 39.0 Å². The highest BCUT2D eigenvalue weighted by Gasteiger charge is 2.24. The summed E-state index contributed by atoms with van der Waals surface area (Å²) in [7, 11) is -2.11. The number of ether oxygens (including phenoxy) is 1. The Morgan fingerprint density at radius 2 is 2.00 bits per heavy atom. The number of hydrogen-bond donors (Lipinski definition) is 1. The van der Waals surface area contributed by atoms with Crippen LogP contribution in [0.15, 0.2) is 17.0 Å². The molecule has 0 amide bonds. The van der Waals surface area contributed by atoms with Crippen LogP contribution in [0, 0.1) is 6.92 Å². The van der Waals surface area contributed by atoms with Crippen molar-refractivity contribution in [1.82, 2.24) is 4.31 Å². The number of rotatable bonds is 6. The van der Waals surface area contributed by atoms with E-state index in [2.05, 4.69) is 0 Å². The highest BCUT2D eigenvalue weighted by molar-refractivity contribution is 7.89. The van der Waals surface area contributed by atoms with Gasteiger partial charge in [-0.2, -0.15) is 4.31 Å². The van der Waals surface area contributed by atoms with Gasteiger partial charge in [-0.1, -0.05) is 11.6 Å². The first kappa shape index (κ1) is 17.2. The lowest BCUT2D eigenvalue weighted by Gasteiger charge is -2.20. The molecule has 1 aromatic carbocycles. The van der Waals surface area contributed by atoms with Crippen LogP contribution in [-0.2, 0) is 14.8 Å². The minimum Gasteiger partial charge on any atom is -0.398 e. The second-order valence-corrected chi connectivity index (χ2v) is 7.31. The molecule has 0 heterocycles. The Kier molecular flexibility index (Phi) is 5.82. The van der Waals surface area contributed by atoms with Crippen LogP contribution >= 0.6 is 11.6 Å². The lowest BCUT2D eigenvalue weighted by Crippen LogP contribution is -2.31. The SMILES string of the molecule is Cc1c(N)cc(Cl)cc1S(=O)(=O)N(C)CCOC(C)C. The van der Waals surface area contributed by atoms with Gasteiger partial charge in [-0.15, -0.1) is 0 Å². The van der Waals surface area contributed by atoms with Gasteiger partial charge in [-0.25, -0.2) is 8.42 Å². The Labute approximate surface area is 125 Å². The normalized spacial score (nSPS) is 12.3. The number of nitrogen functional groups attached to an aromatic ring is 1. The third kappa shape index (κ3) is 4.09. The molecule has 1 aromatic rings. The molecule has 0 aliphatic carbocycles. The van der Waals surface area contributed by atoms with E-state index in [4.69, 9.17) is 22.1 Å². The molecule has 0 bridgehead atoms. The van der Waals surface area contributed by atoms with Gasteiger partial charge in [0.15, 0.2) is 0 Å². The Hall–Kier alpha value is -0.820. The average molecular weight is 321 g/mol. The summed E-state index contributed by atoms with van der Waals surface area (Å²) < 4.78 is 31.6. The van der Waals surface area contributed by atoms with Gasteiger partial charge < -0.3 is 10.5 Å². The summed E-state index contributed by atoms with van der Waals surface area (Å²) in [5.41, 5.74) is 6.64. The third-order valence-corrected chi connectivity index (χ3v) is 5.11. The molecule has 0 aliphatic heterocycles. The lowest BCUT2D eigenvalue weighted by molar-refractivity contribution is 0.0737. The van der Waals surface area contributed by atoms with E-state index in [1.807, 2.05) is 13.8 Å². The number of sulfonamides is 1. The zero-order valence-electron chi connectivity index (χ0n) is 12.2. The fourth-order valence-corrected chi connectivity index (χ4v) is 3.37. The summed E-state index contributed by atoms with van der Waals surface area (Å²) >= 11 is 5.89. The highest BCUT2D eigenvalue weighted by Crippen LogP contribution is 2.27. The number of nitrogens with two attached hydrogens (primary N) is 1. The van der Waals surface area contributed by atoms with Gasteiger partial charge in [0.05, 0.1) is 17.6 Å². The minimum atomic E-state index is -3.62. The maximum atomic E-state index is 12.5. The van der Waals surface area contributed by atoms with Crippen LogP contribution in [0.2, 0.25) is 5.02 Å². The van der Waals surface area contributed by atoms with Crippen LogP contribution < -0.4 is 5.73 Å². The van der Waals surface area contributed by atoms with E-state index in [1.54, 1.807) is 6.92 Å². The number of nitrogens with zero attached hydrogens (tertiary/aromatic N) is 1. The second kappa shape index (κ2) is 6.76. The molecule has 2 N–H and O–H groups in total. The summed E-state index contributed by atoms with van der Waals surface area (Å²) in [4.78, 5) is 0.134. The van der Waals surface area contributed by atoms with E-state index in [9.17, 15) is 8.42 Å². The fourth-order valence-electron chi connectivity index (χ4n) is 1.65. The third-order valence-electron chi connectivity index (χ3n) is 2.91. The van der Waals surface area contributed by atoms with Crippen molar-refractivity contribution in [2.24, 2.45) is 0 Å². The maximum Gasteiger partial charge on any atom is 0.243 e. The van der Waals surface area contributed by atoms with E-state index in [1.165, 1.54) is 23.5 Å². The van der Waals surface area contributed by atoms with Crippen LogP contribution in [0.4, 0.5) is 5.69 Å². The molecule has 0 saturated heterocycles. The van der Waals surface area contributed by atoms with Crippen molar-refractivity contribution in [1.29, 1.82) is 0 Å². The van der Waals surface area contributed by atoms with E-state index >= 15 is 0 Å². The predicted molar refractivity (Wildman–Crippen MR) is 81.5 cm³/mol. The first-order chi connectivity index (χ1) is 9.16. The van der Waals surface area contributed by atoms with Crippen LogP contribution in [0.3, 0.4) is 0 Å². The Bertz CT molecular complexity index is 573. The molecule has 5 nitrogen and oxygen atoms in total. The number of likely N-dealkylation sites (N-methyl/N-ethyl adjacent to an activating group) is 1. The molecule has 20 heavy (non-hydrogen) atoms. The quantitative estimate of drug-likeness (QED) is 0.816. The molecule has 1 rings (SSSR count). The Morgan fingerprint density at radius 3 is 2.55 bits per heavy atom. The van der Waals surface area contributed by atoms with E-state index in [-0.39, 0.29) is 17.5 Å². The summed E-state index contributed by atoms with van der Waals surface area (Å²) in [5, 5.41) is 0.304. The topological polar surface area (TPSA) is 72.6 Å². The van der Waals surface area contributed by atoms with Gasteiger partial charge in [-0.05, 0) is 38.5 Å². The molecule has 0 radical (unpaired) electrons. The van der Waals surface area contributed by atoms with E-state index in [0.29, 0.717) is 22.9 Å². The van der Waals surface area contributed by atoms with Crippen molar-refractivity contribution in [2.45, 2.75) is 31.8 Å². The number of benzene rings is 1. The van der Waals surface area contributed by atoms with Gasteiger partial charge in [0.2, 0.25) is 10.0 Å². The first-order valence-corrected chi connectivity index (χ1v) is 8.11. The van der Waals surface area contributed by atoms with Gasteiger partial charge in [0, 0.05) is 24.3 Å². The van der Waals surface area contributed by atoms with Crippen molar-refractivity contribution < 1.29 is 13.2 Å². The number of anilines is 1. The van der Waals surface area contributed by atoms with Crippen molar-refractivity contribution in [2.75, 3.05) is 25.9 Å². The second-order valence-electron chi connectivity index (χ2n) is 4.86. The minimum absolute atomic E-state index is 0.0645. The average Bonchev–Trinajstić information content (AvgIpc) is 2.32. The van der Waals surface area contributed by atoms with Gasteiger partial charge in [-0.3, -0.25) is 0 Å². The van der Waals surface area contributed by atoms with Crippen molar-refractivity contribution in [3.63, 3.8) is 0 Å². The largest absolute Gasteiger partial charge is 0.398 e. The number of halogens is 1. The Balaban J connectivity index is 2.99. The zero-order valence-corrected chi connectivity index (χ0v) is 13.8. The van der Waals surface area contributed by atoms with Gasteiger partial charge >= 0.3 is 0 Å². The van der Waals surface area contributed by atoms with E-state index in [0.717, 1.165) is 0 Å². The molecule has 0 unspecified atom stereocenters. The van der Waals surface area contributed by atoms with E-state index < -0.39 is 10.0 Å². The molecular weight excluding hydrogens is 300 g/mol. The molecule has 0 fully saturated rings.